The number of hydrogen-bond donors (Lipinski definition) is 1. The first kappa shape index (κ1) is 20.9. The quantitative estimate of drug-likeness (QED) is 0.420. The van der Waals surface area contributed by atoms with Crippen LogP contribution in [0, 0.1) is 0 Å². The molecule has 1 N–H and O–H groups in total. The SMILES string of the molecule is COCCn1c(SCC(=O)Nc2sc3c(c2C(=O)OC)CCC3)nc2ccccc21. The van der Waals surface area contributed by atoms with Gasteiger partial charge in [0.25, 0.3) is 0 Å². The number of nitrogens with one attached hydrogen (secondary N) is 1. The predicted octanol–water partition coefficient (Wildman–Crippen LogP) is 3.75. The number of fused-ring (bicyclic) bond motifs is 2. The van der Waals surface area contributed by atoms with Crippen LogP contribution >= 0.6 is 23.1 Å². The number of rotatable bonds is 8. The molecule has 0 aliphatic heterocycles. The minimum Gasteiger partial charge on any atom is -0.465 e. The summed E-state index contributed by atoms with van der Waals surface area (Å²) in [5.41, 5.74) is 3.44. The van der Waals surface area contributed by atoms with Crippen molar-refractivity contribution < 1.29 is 19.1 Å². The maximum atomic E-state index is 12.7. The van der Waals surface area contributed by atoms with Gasteiger partial charge in [-0.2, -0.15) is 0 Å². The normalized spacial score (nSPS) is 12.9. The maximum Gasteiger partial charge on any atom is 0.341 e. The molecule has 0 fully saturated rings. The molecule has 1 aliphatic carbocycles. The number of imidazole rings is 1. The molecule has 158 valence electrons. The van der Waals surface area contributed by atoms with E-state index < -0.39 is 5.97 Å². The molecule has 3 aromatic rings. The van der Waals surface area contributed by atoms with E-state index in [1.807, 2.05) is 24.3 Å². The summed E-state index contributed by atoms with van der Waals surface area (Å²) in [5, 5.41) is 4.27. The Hall–Kier alpha value is -2.36. The van der Waals surface area contributed by atoms with Gasteiger partial charge in [0.2, 0.25) is 5.91 Å². The van der Waals surface area contributed by atoms with Crippen molar-refractivity contribution in [2.45, 2.75) is 31.0 Å². The molecule has 0 saturated carbocycles. The van der Waals surface area contributed by atoms with E-state index in [2.05, 4.69) is 14.9 Å². The zero-order valence-electron chi connectivity index (χ0n) is 16.9. The van der Waals surface area contributed by atoms with E-state index in [0.717, 1.165) is 41.0 Å². The number of ether oxygens (including phenoxy) is 2. The van der Waals surface area contributed by atoms with E-state index >= 15 is 0 Å². The zero-order valence-corrected chi connectivity index (χ0v) is 18.5. The van der Waals surface area contributed by atoms with Gasteiger partial charge in [-0.1, -0.05) is 23.9 Å². The third-order valence-corrected chi connectivity index (χ3v) is 7.22. The summed E-state index contributed by atoms with van der Waals surface area (Å²) in [6.07, 6.45) is 2.83. The molecule has 1 amide bonds. The fourth-order valence-corrected chi connectivity index (χ4v) is 5.80. The molecular weight excluding hydrogens is 422 g/mol. The summed E-state index contributed by atoms with van der Waals surface area (Å²) in [5.74, 6) is -0.367. The summed E-state index contributed by atoms with van der Waals surface area (Å²) >= 11 is 2.86. The Morgan fingerprint density at radius 3 is 2.90 bits per heavy atom. The van der Waals surface area contributed by atoms with Crippen LogP contribution in [0.1, 0.15) is 27.2 Å². The monoisotopic (exact) mass is 445 g/mol. The Bertz CT molecular complexity index is 1090. The topological polar surface area (TPSA) is 82.5 Å². The smallest absolute Gasteiger partial charge is 0.341 e. The average Bonchev–Trinajstić information content (AvgIpc) is 3.42. The number of thioether (sulfide) groups is 1. The molecule has 2 heterocycles. The van der Waals surface area contributed by atoms with Gasteiger partial charge in [-0.15, -0.1) is 11.3 Å². The van der Waals surface area contributed by atoms with Crippen molar-refractivity contribution in [3.8, 4) is 0 Å². The number of aryl methyl sites for hydroxylation is 1. The van der Waals surface area contributed by atoms with Crippen molar-refractivity contribution >= 4 is 51.0 Å². The lowest BCUT2D eigenvalue weighted by Crippen LogP contribution is -2.17. The lowest BCUT2D eigenvalue weighted by molar-refractivity contribution is -0.113. The number of amides is 1. The fraction of sp³-hybridized carbons (Fsp3) is 0.381. The lowest BCUT2D eigenvalue weighted by atomic mass is 10.1. The van der Waals surface area contributed by atoms with Crippen molar-refractivity contribution in [2.24, 2.45) is 0 Å². The Morgan fingerprint density at radius 1 is 1.27 bits per heavy atom. The van der Waals surface area contributed by atoms with Crippen molar-refractivity contribution in [2.75, 3.05) is 31.9 Å². The van der Waals surface area contributed by atoms with Crippen LogP contribution in [-0.2, 0) is 33.7 Å². The van der Waals surface area contributed by atoms with E-state index in [9.17, 15) is 9.59 Å². The van der Waals surface area contributed by atoms with Crippen molar-refractivity contribution in [3.05, 3.63) is 40.3 Å². The first-order chi connectivity index (χ1) is 14.6. The highest BCUT2D eigenvalue weighted by atomic mass is 32.2. The number of esters is 1. The Morgan fingerprint density at radius 2 is 2.10 bits per heavy atom. The summed E-state index contributed by atoms with van der Waals surface area (Å²) in [6.45, 7) is 1.22. The highest BCUT2D eigenvalue weighted by Gasteiger charge is 2.28. The summed E-state index contributed by atoms with van der Waals surface area (Å²) in [6, 6.07) is 7.89. The highest BCUT2D eigenvalue weighted by Crippen LogP contribution is 2.39. The molecule has 0 atom stereocenters. The molecule has 0 bridgehead atoms. The van der Waals surface area contributed by atoms with E-state index in [1.54, 1.807) is 7.11 Å². The van der Waals surface area contributed by atoms with E-state index in [1.165, 1.54) is 35.1 Å². The van der Waals surface area contributed by atoms with E-state index in [0.29, 0.717) is 23.7 Å². The highest BCUT2D eigenvalue weighted by molar-refractivity contribution is 7.99. The predicted molar refractivity (Wildman–Crippen MR) is 119 cm³/mol. The number of carbonyl (C=O) groups is 2. The standard InChI is InChI=1S/C21H23N3O4S2/c1-27-11-10-24-15-8-4-3-7-14(15)22-21(24)29-12-17(25)23-19-18(20(26)28-2)13-6-5-9-16(13)30-19/h3-4,7-8H,5-6,9-12H2,1-2H3,(H,23,25). The van der Waals surface area contributed by atoms with Gasteiger partial charge in [-0.25, -0.2) is 9.78 Å². The van der Waals surface area contributed by atoms with Gasteiger partial charge in [0.15, 0.2) is 5.16 Å². The Balaban J connectivity index is 1.49. The van der Waals surface area contributed by atoms with Crippen LogP contribution < -0.4 is 5.32 Å². The Labute approximate surface area is 182 Å². The second kappa shape index (κ2) is 9.20. The average molecular weight is 446 g/mol. The minimum absolute atomic E-state index is 0.171. The van der Waals surface area contributed by atoms with Crippen LogP contribution in [-0.4, -0.2) is 48.0 Å². The molecule has 4 rings (SSSR count). The van der Waals surface area contributed by atoms with Gasteiger partial charge in [-0.3, -0.25) is 4.79 Å². The number of anilines is 1. The van der Waals surface area contributed by atoms with Crippen molar-refractivity contribution in [1.82, 2.24) is 9.55 Å². The second-order valence-electron chi connectivity index (χ2n) is 6.92. The van der Waals surface area contributed by atoms with Crippen LogP contribution in [0.5, 0.6) is 0 Å². The first-order valence-corrected chi connectivity index (χ1v) is 11.5. The molecule has 0 unspecified atom stereocenters. The number of aromatic nitrogens is 2. The lowest BCUT2D eigenvalue weighted by Gasteiger charge is -2.09. The molecule has 9 heteroatoms. The largest absolute Gasteiger partial charge is 0.465 e. The van der Waals surface area contributed by atoms with Gasteiger partial charge >= 0.3 is 5.97 Å². The zero-order chi connectivity index (χ0) is 21.1. The molecule has 0 saturated heterocycles. The van der Waals surface area contributed by atoms with E-state index in [4.69, 9.17) is 9.47 Å². The summed E-state index contributed by atoms with van der Waals surface area (Å²) in [4.78, 5) is 30.8. The van der Waals surface area contributed by atoms with Gasteiger partial charge in [0.1, 0.15) is 5.00 Å². The van der Waals surface area contributed by atoms with Gasteiger partial charge in [-0.05, 0) is 37.0 Å². The van der Waals surface area contributed by atoms with Crippen molar-refractivity contribution in [1.29, 1.82) is 0 Å². The molecule has 30 heavy (non-hydrogen) atoms. The van der Waals surface area contributed by atoms with Crippen LogP contribution in [0.3, 0.4) is 0 Å². The second-order valence-corrected chi connectivity index (χ2v) is 8.97. The van der Waals surface area contributed by atoms with Crippen LogP contribution in [0.2, 0.25) is 0 Å². The van der Waals surface area contributed by atoms with E-state index in [-0.39, 0.29) is 11.7 Å². The molecule has 2 aromatic heterocycles. The first-order valence-electron chi connectivity index (χ1n) is 9.72. The molecule has 0 spiro atoms. The molecular formula is C21H23N3O4S2. The maximum absolute atomic E-state index is 12.7. The van der Waals surface area contributed by atoms with Crippen LogP contribution in [0.4, 0.5) is 5.00 Å². The Kier molecular flexibility index (Phi) is 6.40. The number of benzene rings is 1. The number of para-hydroxylation sites is 2. The number of methoxy groups -OCH3 is 2. The fourth-order valence-electron chi connectivity index (χ4n) is 3.67. The number of hydrogen-bond acceptors (Lipinski definition) is 7. The number of thiophene rings is 1. The van der Waals surface area contributed by atoms with Crippen molar-refractivity contribution in [3.63, 3.8) is 0 Å². The number of nitrogens with zero attached hydrogens (tertiary/aromatic N) is 2. The third-order valence-electron chi connectivity index (χ3n) is 5.03. The van der Waals surface area contributed by atoms with Gasteiger partial charge in [0.05, 0.1) is 36.1 Å². The summed E-state index contributed by atoms with van der Waals surface area (Å²) in [7, 11) is 3.03. The van der Waals surface area contributed by atoms with Gasteiger partial charge in [0, 0.05) is 18.5 Å². The van der Waals surface area contributed by atoms with Crippen LogP contribution in [0.25, 0.3) is 11.0 Å². The summed E-state index contributed by atoms with van der Waals surface area (Å²) < 4.78 is 12.2. The van der Waals surface area contributed by atoms with Crippen LogP contribution in [0.15, 0.2) is 29.4 Å². The molecule has 1 aromatic carbocycles. The van der Waals surface area contributed by atoms with Gasteiger partial charge < -0.3 is 19.4 Å². The third kappa shape index (κ3) is 4.10. The molecule has 0 radical (unpaired) electrons. The minimum atomic E-state index is -0.390. The molecule has 7 nitrogen and oxygen atoms in total. The number of carbonyl (C=O) groups excluding carboxylic acids is 2. The molecule has 1 aliphatic rings.